The van der Waals surface area contributed by atoms with Gasteiger partial charge in [-0.3, -0.25) is 4.79 Å². The smallest absolute Gasteiger partial charge is 0.265 e. The van der Waals surface area contributed by atoms with E-state index in [9.17, 15) is 9.18 Å². The molecule has 0 spiro atoms. The van der Waals surface area contributed by atoms with Gasteiger partial charge < -0.3 is 10.1 Å². The molecule has 2 aromatic carbocycles. The van der Waals surface area contributed by atoms with Crippen molar-refractivity contribution in [3.05, 3.63) is 58.9 Å². The minimum atomic E-state index is -0.774. The molecule has 0 saturated heterocycles. The molecule has 3 nitrogen and oxygen atoms in total. The molecule has 0 radical (unpaired) electrons. The highest BCUT2D eigenvalue weighted by Gasteiger charge is 2.16. The number of rotatable bonds is 4. The van der Waals surface area contributed by atoms with Gasteiger partial charge in [-0.05, 0) is 49.7 Å². The SMILES string of the molecule is Cc1ccc(NC(=O)[C@H](C)Oc2cccc(Cl)c2)c(F)c1. The van der Waals surface area contributed by atoms with Crippen molar-refractivity contribution in [2.45, 2.75) is 20.0 Å². The van der Waals surface area contributed by atoms with Crippen LogP contribution in [0.2, 0.25) is 5.02 Å². The van der Waals surface area contributed by atoms with Crippen LogP contribution in [-0.2, 0) is 4.79 Å². The van der Waals surface area contributed by atoms with E-state index in [4.69, 9.17) is 16.3 Å². The Bertz CT molecular complexity index is 660. The molecule has 1 N–H and O–H groups in total. The molecule has 5 heteroatoms. The Labute approximate surface area is 127 Å². The summed E-state index contributed by atoms with van der Waals surface area (Å²) in [6.45, 7) is 3.36. The van der Waals surface area contributed by atoms with Gasteiger partial charge in [0, 0.05) is 5.02 Å². The lowest BCUT2D eigenvalue weighted by Gasteiger charge is -2.15. The normalized spacial score (nSPS) is 11.8. The lowest BCUT2D eigenvalue weighted by atomic mass is 10.2. The molecular weight excluding hydrogens is 293 g/mol. The maximum absolute atomic E-state index is 13.7. The summed E-state index contributed by atoms with van der Waals surface area (Å²) in [5, 5.41) is 3.02. The van der Waals surface area contributed by atoms with E-state index in [0.29, 0.717) is 10.8 Å². The highest BCUT2D eigenvalue weighted by molar-refractivity contribution is 6.30. The number of aryl methyl sites for hydroxylation is 1. The topological polar surface area (TPSA) is 38.3 Å². The van der Waals surface area contributed by atoms with Gasteiger partial charge in [-0.2, -0.15) is 0 Å². The van der Waals surface area contributed by atoms with Gasteiger partial charge in [0.2, 0.25) is 0 Å². The van der Waals surface area contributed by atoms with Crippen LogP contribution in [0.4, 0.5) is 10.1 Å². The second-order valence-electron chi connectivity index (χ2n) is 4.69. The molecule has 0 fully saturated rings. The highest BCUT2D eigenvalue weighted by atomic mass is 35.5. The summed E-state index contributed by atoms with van der Waals surface area (Å²) < 4.78 is 19.2. The number of ether oxygens (including phenoxy) is 1. The van der Waals surface area contributed by atoms with Gasteiger partial charge in [0.15, 0.2) is 6.10 Å². The van der Waals surface area contributed by atoms with Gasteiger partial charge >= 0.3 is 0 Å². The van der Waals surface area contributed by atoms with Crippen LogP contribution >= 0.6 is 11.6 Å². The van der Waals surface area contributed by atoms with Crippen LogP contribution < -0.4 is 10.1 Å². The molecule has 21 heavy (non-hydrogen) atoms. The molecule has 0 unspecified atom stereocenters. The zero-order chi connectivity index (χ0) is 15.4. The molecule has 1 atom stereocenters. The summed E-state index contributed by atoms with van der Waals surface area (Å²) in [5.74, 6) is -0.425. The Morgan fingerprint density at radius 1 is 1.29 bits per heavy atom. The first kappa shape index (κ1) is 15.3. The van der Waals surface area contributed by atoms with Gasteiger partial charge in [-0.15, -0.1) is 0 Å². The van der Waals surface area contributed by atoms with Gasteiger partial charge in [0.05, 0.1) is 5.69 Å². The molecule has 110 valence electrons. The number of carbonyl (C=O) groups is 1. The number of hydrogen-bond donors (Lipinski definition) is 1. The standard InChI is InChI=1S/C16H15ClFNO2/c1-10-6-7-15(14(18)8-10)19-16(20)11(2)21-13-5-3-4-12(17)9-13/h3-9,11H,1-2H3,(H,19,20)/t11-/m0/s1. The van der Waals surface area contributed by atoms with Crippen LogP contribution in [0.3, 0.4) is 0 Å². The Morgan fingerprint density at radius 2 is 2.05 bits per heavy atom. The Morgan fingerprint density at radius 3 is 2.71 bits per heavy atom. The third-order valence-corrected chi connectivity index (χ3v) is 3.10. The highest BCUT2D eigenvalue weighted by Crippen LogP contribution is 2.19. The van der Waals surface area contributed by atoms with E-state index in [1.165, 1.54) is 12.1 Å². The number of anilines is 1. The van der Waals surface area contributed by atoms with E-state index in [0.717, 1.165) is 5.56 Å². The predicted molar refractivity (Wildman–Crippen MR) is 81.3 cm³/mol. The first-order valence-corrected chi connectivity index (χ1v) is 6.83. The fraction of sp³-hybridized carbons (Fsp3) is 0.188. The fourth-order valence-electron chi connectivity index (χ4n) is 1.75. The van der Waals surface area contributed by atoms with Crippen molar-refractivity contribution in [2.24, 2.45) is 0 Å². The summed E-state index contributed by atoms with van der Waals surface area (Å²) in [6, 6.07) is 11.3. The van der Waals surface area contributed by atoms with Crippen molar-refractivity contribution in [2.75, 3.05) is 5.32 Å². The van der Waals surface area contributed by atoms with Crippen LogP contribution in [0, 0.1) is 12.7 Å². The van der Waals surface area contributed by atoms with Crippen LogP contribution in [0.1, 0.15) is 12.5 Å². The molecule has 0 bridgehead atoms. The quantitative estimate of drug-likeness (QED) is 0.919. The van der Waals surface area contributed by atoms with Crippen molar-refractivity contribution < 1.29 is 13.9 Å². The second kappa shape index (κ2) is 6.59. The monoisotopic (exact) mass is 307 g/mol. The molecule has 2 aromatic rings. The van der Waals surface area contributed by atoms with Crippen LogP contribution in [0.15, 0.2) is 42.5 Å². The predicted octanol–water partition coefficient (Wildman–Crippen LogP) is 4.19. The molecular formula is C16H15ClFNO2. The molecule has 2 rings (SSSR count). The zero-order valence-corrected chi connectivity index (χ0v) is 12.4. The van der Waals surface area contributed by atoms with Crippen LogP contribution in [0.25, 0.3) is 0 Å². The number of amides is 1. The third-order valence-electron chi connectivity index (χ3n) is 2.86. The number of benzene rings is 2. The zero-order valence-electron chi connectivity index (χ0n) is 11.7. The minimum Gasteiger partial charge on any atom is -0.481 e. The molecule has 0 saturated carbocycles. The van der Waals surface area contributed by atoms with Crippen LogP contribution in [0.5, 0.6) is 5.75 Å². The third kappa shape index (κ3) is 4.20. The van der Waals surface area contributed by atoms with E-state index in [1.54, 1.807) is 44.2 Å². The van der Waals surface area contributed by atoms with Crippen molar-refractivity contribution >= 4 is 23.2 Å². The van der Waals surface area contributed by atoms with Gasteiger partial charge in [0.25, 0.3) is 5.91 Å². The first-order valence-electron chi connectivity index (χ1n) is 6.45. The van der Waals surface area contributed by atoms with Gasteiger partial charge in [-0.1, -0.05) is 23.7 Å². The van der Waals surface area contributed by atoms with Crippen molar-refractivity contribution in [1.29, 1.82) is 0 Å². The first-order chi connectivity index (χ1) is 9.95. The average molecular weight is 308 g/mol. The summed E-state index contributed by atoms with van der Waals surface area (Å²) in [5.41, 5.74) is 0.917. The van der Waals surface area contributed by atoms with E-state index >= 15 is 0 Å². The molecule has 0 heterocycles. The fourth-order valence-corrected chi connectivity index (χ4v) is 1.93. The summed E-state index contributed by atoms with van der Waals surface area (Å²) in [4.78, 5) is 12.0. The largest absolute Gasteiger partial charge is 0.481 e. The maximum Gasteiger partial charge on any atom is 0.265 e. The molecule has 1 amide bonds. The molecule has 0 aromatic heterocycles. The minimum absolute atomic E-state index is 0.132. The van der Waals surface area contributed by atoms with E-state index in [-0.39, 0.29) is 5.69 Å². The number of carbonyl (C=O) groups excluding carboxylic acids is 1. The Kier molecular flexibility index (Phi) is 4.81. The van der Waals surface area contributed by atoms with E-state index in [1.807, 2.05) is 0 Å². The average Bonchev–Trinajstić information content (AvgIpc) is 2.41. The van der Waals surface area contributed by atoms with E-state index in [2.05, 4.69) is 5.32 Å². The number of nitrogens with one attached hydrogen (secondary N) is 1. The summed E-state index contributed by atoms with van der Waals surface area (Å²) in [6.07, 6.45) is -0.774. The maximum atomic E-state index is 13.7. The Balaban J connectivity index is 2.02. The van der Waals surface area contributed by atoms with Gasteiger partial charge in [0.1, 0.15) is 11.6 Å². The molecule has 0 aliphatic carbocycles. The number of halogens is 2. The lowest BCUT2D eigenvalue weighted by Crippen LogP contribution is -2.30. The summed E-state index contributed by atoms with van der Waals surface area (Å²) in [7, 11) is 0. The van der Waals surface area contributed by atoms with Crippen molar-refractivity contribution in [3.8, 4) is 5.75 Å². The Hall–Kier alpha value is -2.07. The molecule has 0 aliphatic rings. The summed E-state index contributed by atoms with van der Waals surface area (Å²) >= 11 is 5.84. The second-order valence-corrected chi connectivity index (χ2v) is 5.13. The number of hydrogen-bond acceptors (Lipinski definition) is 2. The van der Waals surface area contributed by atoms with Gasteiger partial charge in [-0.25, -0.2) is 4.39 Å². The molecule has 0 aliphatic heterocycles. The van der Waals surface area contributed by atoms with Crippen LogP contribution in [-0.4, -0.2) is 12.0 Å². The lowest BCUT2D eigenvalue weighted by molar-refractivity contribution is -0.122. The van der Waals surface area contributed by atoms with Crippen molar-refractivity contribution in [1.82, 2.24) is 0 Å². The van der Waals surface area contributed by atoms with Crippen molar-refractivity contribution in [3.63, 3.8) is 0 Å². The van der Waals surface area contributed by atoms with E-state index < -0.39 is 17.8 Å².